The van der Waals surface area contributed by atoms with Crippen LogP contribution in [0.2, 0.25) is 0 Å². The minimum atomic E-state index is -0.835. The number of nitrogens with zero attached hydrogens (tertiary/aromatic N) is 2. The highest BCUT2D eigenvalue weighted by Crippen LogP contribution is 2.16. The van der Waals surface area contributed by atoms with E-state index >= 15 is 0 Å². The molecule has 1 rings (SSSR count). The van der Waals surface area contributed by atoms with E-state index in [2.05, 4.69) is 24.3 Å². The summed E-state index contributed by atoms with van der Waals surface area (Å²) in [6, 6.07) is 0. The van der Waals surface area contributed by atoms with Gasteiger partial charge in [0.15, 0.2) is 0 Å². The molecule has 0 saturated heterocycles. The second kappa shape index (κ2) is 8.56. The first-order valence-corrected chi connectivity index (χ1v) is 7.82. The van der Waals surface area contributed by atoms with E-state index in [1.807, 2.05) is 18.5 Å². The van der Waals surface area contributed by atoms with Crippen LogP contribution in [-0.2, 0) is 22.6 Å². The van der Waals surface area contributed by atoms with Crippen LogP contribution in [0.1, 0.15) is 50.1 Å². The lowest BCUT2D eigenvalue weighted by atomic mass is 10.1. The van der Waals surface area contributed by atoms with E-state index in [0.717, 1.165) is 23.5 Å². The van der Waals surface area contributed by atoms with Gasteiger partial charge in [0.1, 0.15) is 0 Å². The molecule has 1 amide bonds. The lowest BCUT2D eigenvalue weighted by Crippen LogP contribution is -2.25. The number of aryl methyl sites for hydroxylation is 1. The Hall–Kier alpha value is -1.85. The van der Waals surface area contributed by atoms with Gasteiger partial charge < -0.3 is 10.4 Å². The van der Waals surface area contributed by atoms with E-state index in [1.54, 1.807) is 0 Å². The number of carbonyl (C=O) groups is 2. The molecular formula is C16H27N3O3. The lowest BCUT2D eigenvalue weighted by molar-refractivity contribution is -0.137. The summed E-state index contributed by atoms with van der Waals surface area (Å²) >= 11 is 0. The smallest absolute Gasteiger partial charge is 0.303 e. The van der Waals surface area contributed by atoms with Gasteiger partial charge in [-0.05, 0) is 38.2 Å². The summed E-state index contributed by atoms with van der Waals surface area (Å²) in [6.45, 7) is 9.62. The number of nitrogens with one attached hydrogen (secondary N) is 1. The summed E-state index contributed by atoms with van der Waals surface area (Å²) in [5.41, 5.74) is 3.25. The Morgan fingerprint density at radius 2 is 1.95 bits per heavy atom. The van der Waals surface area contributed by atoms with Gasteiger partial charge >= 0.3 is 5.97 Å². The van der Waals surface area contributed by atoms with Gasteiger partial charge in [0.2, 0.25) is 5.91 Å². The number of aromatic nitrogens is 2. The number of hydrogen-bond acceptors (Lipinski definition) is 3. The van der Waals surface area contributed by atoms with Gasteiger partial charge in [-0.25, -0.2) is 0 Å². The topological polar surface area (TPSA) is 84.2 Å². The van der Waals surface area contributed by atoms with E-state index in [1.165, 1.54) is 0 Å². The molecule has 6 nitrogen and oxygen atoms in total. The Labute approximate surface area is 131 Å². The second-order valence-electron chi connectivity index (χ2n) is 6.07. The summed E-state index contributed by atoms with van der Waals surface area (Å²) in [5, 5.41) is 15.8. The molecule has 0 spiro atoms. The minimum Gasteiger partial charge on any atom is -0.481 e. The number of hydrogen-bond donors (Lipinski definition) is 2. The Bertz CT molecular complexity index is 521. The molecule has 0 atom stereocenters. The van der Waals surface area contributed by atoms with Crippen LogP contribution in [0.15, 0.2) is 0 Å². The molecule has 0 aliphatic heterocycles. The zero-order valence-corrected chi connectivity index (χ0v) is 14.0. The predicted octanol–water partition coefficient (Wildman–Crippen LogP) is 2.07. The summed E-state index contributed by atoms with van der Waals surface area (Å²) in [7, 11) is 0. The molecule has 0 aromatic carbocycles. The van der Waals surface area contributed by atoms with Crippen LogP contribution in [-0.4, -0.2) is 33.3 Å². The van der Waals surface area contributed by atoms with Crippen LogP contribution in [0.5, 0.6) is 0 Å². The number of carboxylic acids is 1. The maximum absolute atomic E-state index is 11.8. The van der Waals surface area contributed by atoms with E-state index in [0.29, 0.717) is 31.7 Å². The lowest BCUT2D eigenvalue weighted by Gasteiger charge is -2.08. The normalized spacial score (nSPS) is 11.0. The second-order valence-corrected chi connectivity index (χ2v) is 6.07. The van der Waals surface area contributed by atoms with Crippen LogP contribution in [0.4, 0.5) is 0 Å². The molecule has 0 fully saturated rings. The SMILES string of the molecule is Cc1nn(CC(C)C)c(C)c1CCC(=O)NCCCC(=O)O. The van der Waals surface area contributed by atoms with Crippen molar-refractivity contribution in [2.75, 3.05) is 6.54 Å². The van der Waals surface area contributed by atoms with E-state index in [-0.39, 0.29) is 12.3 Å². The fourth-order valence-electron chi connectivity index (χ4n) is 2.41. The molecule has 2 N–H and O–H groups in total. The van der Waals surface area contributed by atoms with Crippen molar-refractivity contribution >= 4 is 11.9 Å². The summed E-state index contributed by atoms with van der Waals surface area (Å²) in [5.74, 6) is -0.345. The minimum absolute atomic E-state index is 0.0409. The third kappa shape index (κ3) is 5.87. The maximum atomic E-state index is 11.8. The Kier molecular flexibility index (Phi) is 7.08. The van der Waals surface area contributed by atoms with E-state index < -0.39 is 5.97 Å². The van der Waals surface area contributed by atoms with Crippen LogP contribution in [0, 0.1) is 19.8 Å². The molecule has 0 bridgehead atoms. The molecule has 1 aromatic heterocycles. The standard InChI is InChI=1S/C16H27N3O3/c1-11(2)10-19-13(4)14(12(3)18-19)7-8-15(20)17-9-5-6-16(21)22/h11H,5-10H2,1-4H3,(H,17,20)(H,21,22). The average Bonchev–Trinajstić information content (AvgIpc) is 2.66. The number of carboxylic acid groups (broad SMARTS) is 1. The summed E-state index contributed by atoms with van der Waals surface area (Å²) < 4.78 is 2.01. The van der Waals surface area contributed by atoms with Crippen molar-refractivity contribution in [3.8, 4) is 0 Å². The molecule has 124 valence electrons. The number of amides is 1. The van der Waals surface area contributed by atoms with Crippen LogP contribution in [0.25, 0.3) is 0 Å². The fraction of sp³-hybridized carbons (Fsp3) is 0.688. The average molecular weight is 309 g/mol. The highest BCUT2D eigenvalue weighted by atomic mass is 16.4. The molecule has 1 aromatic rings. The molecule has 6 heteroatoms. The monoisotopic (exact) mass is 309 g/mol. The third-order valence-electron chi connectivity index (χ3n) is 3.56. The van der Waals surface area contributed by atoms with Gasteiger partial charge in [-0.15, -0.1) is 0 Å². The highest BCUT2D eigenvalue weighted by Gasteiger charge is 2.13. The van der Waals surface area contributed by atoms with Crippen molar-refractivity contribution < 1.29 is 14.7 Å². The van der Waals surface area contributed by atoms with Crippen molar-refractivity contribution in [2.24, 2.45) is 5.92 Å². The summed E-state index contributed by atoms with van der Waals surface area (Å²) in [6.07, 6.45) is 1.62. The van der Waals surface area contributed by atoms with Crippen LogP contribution < -0.4 is 5.32 Å². The Morgan fingerprint density at radius 3 is 2.55 bits per heavy atom. The van der Waals surface area contributed by atoms with Crippen LogP contribution >= 0.6 is 0 Å². The first kappa shape index (κ1) is 18.2. The van der Waals surface area contributed by atoms with Crippen molar-refractivity contribution in [3.05, 3.63) is 17.0 Å². The quantitative estimate of drug-likeness (QED) is 0.684. The highest BCUT2D eigenvalue weighted by molar-refractivity contribution is 5.76. The van der Waals surface area contributed by atoms with Crippen molar-refractivity contribution in [3.63, 3.8) is 0 Å². The number of rotatable bonds is 9. The van der Waals surface area contributed by atoms with Crippen molar-refractivity contribution in [1.82, 2.24) is 15.1 Å². The van der Waals surface area contributed by atoms with E-state index in [9.17, 15) is 9.59 Å². The van der Waals surface area contributed by atoms with Gasteiger partial charge in [0, 0.05) is 31.6 Å². The Morgan fingerprint density at radius 1 is 1.27 bits per heavy atom. The van der Waals surface area contributed by atoms with E-state index in [4.69, 9.17) is 5.11 Å². The van der Waals surface area contributed by atoms with Gasteiger partial charge in [-0.1, -0.05) is 13.8 Å². The molecule has 0 aliphatic rings. The largest absolute Gasteiger partial charge is 0.481 e. The molecule has 0 aliphatic carbocycles. The molecule has 0 radical (unpaired) electrons. The zero-order valence-electron chi connectivity index (χ0n) is 14.0. The molecule has 0 unspecified atom stereocenters. The zero-order chi connectivity index (χ0) is 16.7. The third-order valence-corrected chi connectivity index (χ3v) is 3.56. The van der Waals surface area contributed by atoms with Crippen molar-refractivity contribution in [2.45, 2.75) is 59.9 Å². The number of carbonyl (C=O) groups excluding carboxylic acids is 1. The van der Waals surface area contributed by atoms with Gasteiger partial charge in [0.25, 0.3) is 0 Å². The first-order chi connectivity index (χ1) is 10.3. The summed E-state index contributed by atoms with van der Waals surface area (Å²) in [4.78, 5) is 22.2. The molecule has 1 heterocycles. The fourth-order valence-corrected chi connectivity index (χ4v) is 2.41. The molecule has 0 saturated carbocycles. The van der Waals surface area contributed by atoms with Crippen molar-refractivity contribution in [1.29, 1.82) is 0 Å². The molecular weight excluding hydrogens is 282 g/mol. The van der Waals surface area contributed by atoms with Crippen LogP contribution in [0.3, 0.4) is 0 Å². The predicted molar refractivity (Wildman–Crippen MR) is 84.7 cm³/mol. The first-order valence-electron chi connectivity index (χ1n) is 7.82. The van der Waals surface area contributed by atoms with Gasteiger partial charge in [-0.3, -0.25) is 14.3 Å². The Balaban J connectivity index is 2.45. The number of aliphatic carboxylic acids is 1. The molecule has 22 heavy (non-hydrogen) atoms. The maximum Gasteiger partial charge on any atom is 0.303 e. The van der Waals surface area contributed by atoms with Gasteiger partial charge in [-0.2, -0.15) is 5.10 Å². The van der Waals surface area contributed by atoms with Gasteiger partial charge in [0.05, 0.1) is 5.69 Å².